The zero-order valence-electron chi connectivity index (χ0n) is 5.71. The van der Waals surface area contributed by atoms with Crippen molar-refractivity contribution in [2.75, 3.05) is 6.61 Å². The Morgan fingerprint density at radius 3 is 2.70 bits per heavy atom. The summed E-state index contributed by atoms with van der Waals surface area (Å²) in [4.78, 5) is 0. The van der Waals surface area contributed by atoms with Crippen molar-refractivity contribution in [3.05, 3.63) is 42.3 Å². The van der Waals surface area contributed by atoms with Gasteiger partial charge in [-0.05, 0) is 18.1 Å². The second-order valence-electron chi connectivity index (χ2n) is 2.52. The number of rotatable bonds is 1. The summed E-state index contributed by atoms with van der Waals surface area (Å²) in [5.41, 5.74) is 2.33. The van der Waals surface area contributed by atoms with Crippen LogP contribution in [0.5, 0.6) is 0 Å². The summed E-state index contributed by atoms with van der Waals surface area (Å²) in [5.74, 6) is 0. The standard InChI is InChI=1S/C9H9O/c1-7-4-2-3-5-8(7)9-6-10-9/h2-5,9H,1,6H2. The van der Waals surface area contributed by atoms with Crippen LogP contribution in [0.2, 0.25) is 0 Å². The molecule has 1 unspecified atom stereocenters. The van der Waals surface area contributed by atoms with Crippen LogP contribution in [0.4, 0.5) is 0 Å². The van der Waals surface area contributed by atoms with Crippen LogP contribution in [-0.2, 0) is 4.74 Å². The first-order chi connectivity index (χ1) is 4.88. The van der Waals surface area contributed by atoms with Crippen molar-refractivity contribution in [3.8, 4) is 0 Å². The van der Waals surface area contributed by atoms with E-state index >= 15 is 0 Å². The van der Waals surface area contributed by atoms with Crippen molar-refractivity contribution in [2.24, 2.45) is 0 Å². The molecule has 2 rings (SSSR count). The minimum Gasteiger partial charge on any atom is -0.368 e. The Morgan fingerprint density at radius 1 is 1.40 bits per heavy atom. The fourth-order valence-electron chi connectivity index (χ4n) is 1.08. The molecule has 0 spiro atoms. The van der Waals surface area contributed by atoms with Crippen LogP contribution in [0.1, 0.15) is 17.2 Å². The maximum atomic E-state index is 5.14. The number of hydrogen-bond acceptors (Lipinski definition) is 1. The lowest BCUT2D eigenvalue weighted by atomic mass is 10.1. The van der Waals surface area contributed by atoms with Gasteiger partial charge in [0.1, 0.15) is 6.10 Å². The second kappa shape index (κ2) is 2.10. The maximum Gasteiger partial charge on any atom is 0.106 e. The summed E-state index contributed by atoms with van der Waals surface area (Å²) in [6.45, 7) is 4.77. The van der Waals surface area contributed by atoms with E-state index in [0.29, 0.717) is 6.10 Å². The molecule has 1 nitrogen and oxygen atoms in total. The Labute approximate surface area is 60.6 Å². The summed E-state index contributed by atoms with van der Waals surface area (Å²) >= 11 is 0. The average Bonchev–Trinajstić information content (AvgIpc) is 2.71. The molecule has 1 fully saturated rings. The molecule has 1 aromatic rings. The molecule has 0 amide bonds. The molecule has 1 saturated heterocycles. The topological polar surface area (TPSA) is 12.5 Å². The molecule has 1 heterocycles. The summed E-state index contributed by atoms with van der Waals surface area (Å²) in [5, 5.41) is 0. The van der Waals surface area contributed by atoms with Gasteiger partial charge >= 0.3 is 0 Å². The number of benzene rings is 1. The molecule has 0 aliphatic carbocycles. The third-order valence-electron chi connectivity index (χ3n) is 1.74. The normalized spacial score (nSPS) is 22.7. The molecule has 10 heavy (non-hydrogen) atoms. The van der Waals surface area contributed by atoms with Gasteiger partial charge in [-0.15, -0.1) is 0 Å². The highest BCUT2D eigenvalue weighted by Crippen LogP contribution is 2.31. The number of epoxide rings is 1. The van der Waals surface area contributed by atoms with Gasteiger partial charge in [0.15, 0.2) is 0 Å². The summed E-state index contributed by atoms with van der Waals surface area (Å²) in [6, 6.07) is 8.09. The van der Waals surface area contributed by atoms with E-state index in [2.05, 4.69) is 13.0 Å². The van der Waals surface area contributed by atoms with Crippen molar-refractivity contribution in [3.63, 3.8) is 0 Å². The minimum absolute atomic E-state index is 0.341. The van der Waals surface area contributed by atoms with Crippen LogP contribution >= 0.6 is 0 Å². The highest BCUT2D eigenvalue weighted by Gasteiger charge is 2.25. The Bertz CT molecular complexity index is 238. The summed E-state index contributed by atoms with van der Waals surface area (Å²) in [6.07, 6.45) is 0.341. The number of hydrogen-bond donors (Lipinski definition) is 0. The quantitative estimate of drug-likeness (QED) is 0.533. The molecule has 1 atom stereocenters. The Balaban J connectivity index is 2.39. The van der Waals surface area contributed by atoms with Gasteiger partial charge in [0.2, 0.25) is 0 Å². The Kier molecular flexibility index (Phi) is 1.24. The van der Waals surface area contributed by atoms with E-state index in [0.717, 1.165) is 12.2 Å². The molecule has 51 valence electrons. The van der Waals surface area contributed by atoms with E-state index in [4.69, 9.17) is 4.74 Å². The maximum absolute atomic E-state index is 5.14. The molecular formula is C9H9O. The van der Waals surface area contributed by atoms with Gasteiger partial charge in [0.05, 0.1) is 6.61 Å². The monoisotopic (exact) mass is 133 g/mol. The first kappa shape index (κ1) is 5.93. The molecule has 1 radical (unpaired) electrons. The fraction of sp³-hybridized carbons (Fsp3) is 0.222. The summed E-state index contributed by atoms with van der Waals surface area (Å²) in [7, 11) is 0. The van der Waals surface area contributed by atoms with E-state index in [1.807, 2.05) is 18.2 Å². The van der Waals surface area contributed by atoms with Crippen molar-refractivity contribution in [1.82, 2.24) is 0 Å². The van der Waals surface area contributed by atoms with Crippen LogP contribution in [0.15, 0.2) is 24.3 Å². The lowest BCUT2D eigenvalue weighted by molar-refractivity contribution is 0.415. The Morgan fingerprint density at radius 2 is 2.10 bits per heavy atom. The van der Waals surface area contributed by atoms with Gasteiger partial charge in [-0.2, -0.15) is 0 Å². The van der Waals surface area contributed by atoms with Crippen LogP contribution in [0.25, 0.3) is 0 Å². The third kappa shape index (κ3) is 0.929. The third-order valence-corrected chi connectivity index (χ3v) is 1.74. The molecule has 0 aromatic heterocycles. The zero-order chi connectivity index (χ0) is 6.97. The molecule has 1 aliphatic heterocycles. The lowest BCUT2D eigenvalue weighted by Gasteiger charge is -1.98. The molecule has 1 heteroatoms. The van der Waals surface area contributed by atoms with E-state index < -0.39 is 0 Å². The second-order valence-corrected chi connectivity index (χ2v) is 2.52. The van der Waals surface area contributed by atoms with Crippen molar-refractivity contribution < 1.29 is 4.74 Å². The molecule has 0 bridgehead atoms. The van der Waals surface area contributed by atoms with E-state index in [-0.39, 0.29) is 0 Å². The number of ether oxygens (including phenoxy) is 1. The SMILES string of the molecule is [CH2]c1ccccc1C1CO1. The van der Waals surface area contributed by atoms with E-state index in [1.165, 1.54) is 5.56 Å². The molecular weight excluding hydrogens is 124 g/mol. The van der Waals surface area contributed by atoms with E-state index in [1.54, 1.807) is 0 Å². The summed E-state index contributed by atoms with van der Waals surface area (Å²) < 4.78 is 5.14. The van der Waals surface area contributed by atoms with Crippen LogP contribution in [0, 0.1) is 6.92 Å². The fourth-order valence-corrected chi connectivity index (χ4v) is 1.08. The van der Waals surface area contributed by atoms with Crippen LogP contribution in [-0.4, -0.2) is 6.61 Å². The van der Waals surface area contributed by atoms with Gasteiger partial charge in [0.25, 0.3) is 0 Å². The minimum atomic E-state index is 0.341. The zero-order valence-corrected chi connectivity index (χ0v) is 5.71. The predicted octanol–water partition coefficient (Wildman–Crippen LogP) is 1.94. The Hall–Kier alpha value is -0.820. The van der Waals surface area contributed by atoms with Gasteiger partial charge in [-0.3, -0.25) is 0 Å². The highest BCUT2D eigenvalue weighted by atomic mass is 16.6. The van der Waals surface area contributed by atoms with Crippen molar-refractivity contribution in [2.45, 2.75) is 6.10 Å². The van der Waals surface area contributed by atoms with Crippen molar-refractivity contribution >= 4 is 0 Å². The smallest absolute Gasteiger partial charge is 0.106 e. The van der Waals surface area contributed by atoms with Crippen LogP contribution in [0.3, 0.4) is 0 Å². The molecule has 0 N–H and O–H groups in total. The van der Waals surface area contributed by atoms with Gasteiger partial charge in [0, 0.05) is 0 Å². The van der Waals surface area contributed by atoms with E-state index in [9.17, 15) is 0 Å². The van der Waals surface area contributed by atoms with Crippen LogP contribution < -0.4 is 0 Å². The van der Waals surface area contributed by atoms with Gasteiger partial charge in [-0.1, -0.05) is 24.3 Å². The highest BCUT2D eigenvalue weighted by molar-refractivity contribution is 5.32. The van der Waals surface area contributed by atoms with Crippen molar-refractivity contribution in [1.29, 1.82) is 0 Å². The van der Waals surface area contributed by atoms with Gasteiger partial charge < -0.3 is 4.74 Å². The first-order valence-corrected chi connectivity index (χ1v) is 3.40. The van der Waals surface area contributed by atoms with Gasteiger partial charge in [-0.25, -0.2) is 0 Å². The molecule has 1 aromatic carbocycles. The lowest BCUT2D eigenvalue weighted by Crippen LogP contribution is -1.83. The predicted molar refractivity (Wildman–Crippen MR) is 39.6 cm³/mol. The average molecular weight is 133 g/mol. The largest absolute Gasteiger partial charge is 0.368 e. The first-order valence-electron chi connectivity index (χ1n) is 3.40. The molecule has 0 saturated carbocycles. The molecule has 1 aliphatic rings.